The molecule has 2 aromatic carbocycles. The van der Waals surface area contributed by atoms with E-state index in [4.69, 9.17) is 9.72 Å². The average molecular weight is 389 g/mol. The Morgan fingerprint density at radius 2 is 1.82 bits per heavy atom. The quantitative estimate of drug-likeness (QED) is 0.372. The molecule has 5 nitrogen and oxygen atoms in total. The largest absolute Gasteiger partial charge is 0.462 e. The smallest absolute Gasteiger partial charge is 0.342 e. The number of aromatic amines is 1. The minimum atomic E-state index is -0.400. The molecule has 0 saturated carbocycles. The van der Waals surface area contributed by atoms with Crippen LogP contribution < -0.4 is 0 Å². The highest BCUT2D eigenvalue weighted by Gasteiger charge is 2.21. The number of hydrogen-bond donors (Lipinski definition) is 1. The Labute approximate surface area is 167 Å². The van der Waals surface area contributed by atoms with Crippen LogP contribution in [0.1, 0.15) is 23.0 Å². The normalized spacial score (nSPS) is 10.9. The van der Waals surface area contributed by atoms with Gasteiger partial charge in [0.05, 0.1) is 18.0 Å². The van der Waals surface area contributed by atoms with Crippen LogP contribution in [0.5, 0.6) is 0 Å². The van der Waals surface area contributed by atoms with Crippen LogP contribution in [0.2, 0.25) is 0 Å². The van der Waals surface area contributed by atoms with Crippen molar-refractivity contribution >= 4 is 28.6 Å². The van der Waals surface area contributed by atoms with Gasteiger partial charge in [0.2, 0.25) is 0 Å². The SMILES string of the molecule is CCOC(=O)c1c(C)nc(Sc2c[nH]c3ccccc23)nc1-c1ccccc1. The van der Waals surface area contributed by atoms with Gasteiger partial charge in [0.15, 0.2) is 5.16 Å². The molecule has 28 heavy (non-hydrogen) atoms. The van der Waals surface area contributed by atoms with E-state index >= 15 is 0 Å². The van der Waals surface area contributed by atoms with Gasteiger partial charge in [-0.05, 0) is 31.7 Å². The number of carbonyl (C=O) groups excluding carboxylic acids is 1. The number of nitrogens with zero attached hydrogens (tertiary/aromatic N) is 2. The van der Waals surface area contributed by atoms with Crippen molar-refractivity contribution in [2.75, 3.05) is 6.61 Å². The second-order valence-electron chi connectivity index (χ2n) is 6.20. The predicted molar refractivity (Wildman–Crippen MR) is 111 cm³/mol. The van der Waals surface area contributed by atoms with Crippen LogP contribution in [0.15, 0.2) is 70.8 Å². The summed E-state index contributed by atoms with van der Waals surface area (Å²) in [6, 6.07) is 17.7. The number of ether oxygens (including phenoxy) is 1. The summed E-state index contributed by atoms with van der Waals surface area (Å²) < 4.78 is 5.24. The Hall–Kier alpha value is -3.12. The van der Waals surface area contributed by atoms with E-state index < -0.39 is 5.97 Å². The standard InChI is InChI=1S/C22H19N3O2S/c1-3-27-21(26)19-14(2)24-22(25-20(19)15-9-5-4-6-10-15)28-18-13-23-17-12-8-7-11-16(17)18/h4-13,23H,3H2,1-2H3. The Balaban J connectivity index is 1.81. The van der Waals surface area contributed by atoms with Crippen LogP contribution in [0.3, 0.4) is 0 Å². The van der Waals surface area contributed by atoms with Crippen LogP contribution in [0.25, 0.3) is 22.2 Å². The highest BCUT2D eigenvalue weighted by molar-refractivity contribution is 7.99. The van der Waals surface area contributed by atoms with Gasteiger partial charge in [-0.15, -0.1) is 0 Å². The van der Waals surface area contributed by atoms with Crippen molar-refractivity contribution in [2.24, 2.45) is 0 Å². The molecule has 140 valence electrons. The summed E-state index contributed by atoms with van der Waals surface area (Å²) in [7, 11) is 0. The molecule has 0 unspecified atom stereocenters. The Bertz CT molecular complexity index is 1140. The second-order valence-corrected chi connectivity index (χ2v) is 7.21. The zero-order valence-corrected chi connectivity index (χ0v) is 16.4. The maximum atomic E-state index is 12.5. The van der Waals surface area contributed by atoms with E-state index in [1.54, 1.807) is 6.92 Å². The molecule has 0 saturated heterocycles. The third kappa shape index (κ3) is 3.51. The molecule has 0 fully saturated rings. The maximum absolute atomic E-state index is 12.5. The molecular formula is C22H19N3O2S. The molecule has 0 aliphatic rings. The van der Waals surface area contributed by atoms with Crippen molar-refractivity contribution in [3.63, 3.8) is 0 Å². The molecule has 0 radical (unpaired) electrons. The number of nitrogens with one attached hydrogen (secondary N) is 1. The molecule has 0 atom stereocenters. The van der Waals surface area contributed by atoms with Gasteiger partial charge in [-0.1, -0.05) is 48.5 Å². The molecule has 0 bridgehead atoms. The highest BCUT2D eigenvalue weighted by atomic mass is 32.2. The Morgan fingerprint density at radius 1 is 1.07 bits per heavy atom. The topological polar surface area (TPSA) is 67.9 Å². The summed E-state index contributed by atoms with van der Waals surface area (Å²) in [5.74, 6) is -0.400. The first-order valence-corrected chi connectivity index (χ1v) is 9.84. The van der Waals surface area contributed by atoms with Crippen LogP contribution in [-0.2, 0) is 4.74 Å². The fourth-order valence-corrected chi connectivity index (χ4v) is 4.00. The average Bonchev–Trinajstić information content (AvgIpc) is 3.11. The van der Waals surface area contributed by atoms with E-state index in [9.17, 15) is 4.79 Å². The summed E-state index contributed by atoms with van der Waals surface area (Å²) >= 11 is 1.47. The number of aryl methyl sites for hydroxylation is 1. The van der Waals surface area contributed by atoms with Crippen LogP contribution in [0.4, 0.5) is 0 Å². The van der Waals surface area contributed by atoms with Crippen molar-refractivity contribution in [3.05, 3.63) is 72.1 Å². The van der Waals surface area contributed by atoms with Crippen molar-refractivity contribution in [1.29, 1.82) is 0 Å². The molecule has 0 aliphatic carbocycles. The van der Waals surface area contributed by atoms with Gasteiger partial charge < -0.3 is 9.72 Å². The third-order valence-corrected chi connectivity index (χ3v) is 5.27. The highest BCUT2D eigenvalue weighted by Crippen LogP contribution is 2.34. The molecule has 0 amide bonds. The summed E-state index contributed by atoms with van der Waals surface area (Å²) in [5, 5.41) is 1.71. The third-order valence-electron chi connectivity index (χ3n) is 4.35. The molecule has 2 heterocycles. The van der Waals surface area contributed by atoms with Gasteiger partial charge >= 0.3 is 5.97 Å². The van der Waals surface area contributed by atoms with Gasteiger partial charge in [0.1, 0.15) is 5.56 Å². The van der Waals surface area contributed by atoms with E-state index in [0.29, 0.717) is 28.7 Å². The van der Waals surface area contributed by atoms with E-state index in [1.807, 2.05) is 61.7 Å². The number of fused-ring (bicyclic) bond motifs is 1. The predicted octanol–water partition coefficient (Wildman–Crippen LogP) is 5.26. The molecule has 1 N–H and O–H groups in total. The van der Waals surface area contributed by atoms with Crippen molar-refractivity contribution in [3.8, 4) is 11.3 Å². The summed E-state index contributed by atoms with van der Waals surface area (Å²) in [4.78, 5) is 26.2. The zero-order valence-electron chi connectivity index (χ0n) is 15.6. The summed E-state index contributed by atoms with van der Waals surface area (Å²) in [6.07, 6.45) is 1.95. The number of para-hydroxylation sites is 1. The molecule has 4 aromatic rings. The molecule has 2 aromatic heterocycles. The molecule has 6 heteroatoms. The molecule has 4 rings (SSSR count). The number of esters is 1. The lowest BCUT2D eigenvalue weighted by Gasteiger charge is -2.12. The number of carbonyl (C=O) groups is 1. The maximum Gasteiger partial charge on any atom is 0.342 e. The zero-order chi connectivity index (χ0) is 19.5. The van der Waals surface area contributed by atoms with Crippen molar-refractivity contribution in [2.45, 2.75) is 23.9 Å². The summed E-state index contributed by atoms with van der Waals surface area (Å²) in [6.45, 7) is 3.91. The van der Waals surface area contributed by atoms with Crippen molar-refractivity contribution in [1.82, 2.24) is 15.0 Å². The number of benzene rings is 2. The first-order valence-electron chi connectivity index (χ1n) is 9.02. The van der Waals surface area contributed by atoms with Crippen LogP contribution in [-0.4, -0.2) is 27.5 Å². The number of H-pyrrole nitrogens is 1. The minimum Gasteiger partial charge on any atom is -0.462 e. The summed E-state index contributed by atoms with van der Waals surface area (Å²) in [5.41, 5.74) is 3.53. The van der Waals surface area contributed by atoms with E-state index in [2.05, 4.69) is 16.0 Å². The molecule has 0 spiro atoms. The first-order chi connectivity index (χ1) is 13.7. The number of hydrogen-bond acceptors (Lipinski definition) is 5. The fraction of sp³-hybridized carbons (Fsp3) is 0.136. The molecular weight excluding hydrogens is 370 g/mol. The van der Waals surface area contributed by atoms with Crippen LogP contribution in [0, 0.1) is 6.92 Å². The van der Waals surface area contributed by atoms with Gasteiger partial charge in [-0.3, -0.25) is 0 Å². The second kappa shape index (κ2) is 7.86. The Kier molecular flexibility index (Phi) is 5.12. The lowest BCUT2D eigenvalue weighted by Crippen LogP contribution is -2.12. The molecule has 0 aliphatic heterocycles. The lowest BCUT2D eigenvalue weighted by molar-refractivity contribution is 0.0525. The first kappa shape index (κ1) is 18.3. The number of aromatic nitrogens is 3. The van der Waals surface area contributed by atoms with E-state index in [1.165, 1.54) is 11.8 Å². The van der Waals surface area contributed by atoms with Crippen molar-refractivity contribution < 1.29 is 9.53 Å². The van der Waals surface area contributed by atoms with E-state index in [-0.39, 0.29) is 0 Å². The van der Waals surface area contributed by atoms with Gasteiger partial charge in [-0.25, -0.2) is 14.8 Å². The minimum absolute atomic E-state index is 0.304. The monoisotopic (exact) mass is 389 g/mol. The van der Waals surface area contributed by atoms with E-state index in [0.717, 1.165) is 21.4 Å². The van der Waals surface area contributed by atoms with Gasteiger partial charge in [0.25, 0.3) is 0 Å². The lowest BCUT2D eigenvalue weighted by atomic mass is 10.0. The van der Waals surface area contributed by atoms with Gasteiger partial charge in [-0.2, -0.15) is 0 Å². The fourth-order valence-electron chi connectivity index (χ4n) is 3.07. The number of rotatable bonds is 5. The van der Waals surface area contributed by atoms with Crippen LogP contribution >= 0.6 is 11.8 Å². The Morgan fingerprint density at radius 3 is 2.61 bits per heavy atom. The van der Waals surface area contributed by atoms with Gasteiger partial charge in [0, 0.05) is 27.6 Å².